The van der Waals surface area contributed by atoms with Gasteiger partial charge in [0.1, 0.15) is 5.51 Å². The van der Waals surface area contributed by atoms with Crippen LogP contribution in [0.25, 0.3) is 5.69 Å². The zero-order valence-corrected chi connectivity index (χ0v) is 11.7. The van der Waals surface area contributed by atoms with Crippen molar-refractivity contribution in [3.63, 3.8) is 0 Å². The smallest absolute Gasteiger partial charge is 0.174 e. The molecule has 8 heteroatoms. The first-order valence-electron chi connectivity index (χ1n) is 5.61. The van der Waals surface area contributed by atoms with Crippen molar-refractivity contribution in [3.05, 3.63) is 41.7 Å². The summed E-state index contributed by atoms with van der Waals surface area (Å²) in [6, 6.07) is 9.84. The maximum absolute atomic E-state index is 4.11. The summed E-state index contributed by atoms with van der Waals surface area (Å²) in [4.78, 5) is 0. The Bertz CT molecular complexity index is 636. The molecule has 0 spiro atoms. The maximum Gasteiger partial charge on any atom is 0.174 e. The van der Waals surface area contributed by atoms with Crippen LogP contribution in [-0.4, -0.2) is 30.4 Å². The number of thioether (sulfide) groups is 1. The highest BCUT2D eigenvalue weighted by atomic mass is 32.2. The molecule has 0 fully saturated rings. The second kappa shape index (κ2) is 5.45. The van der Waals surface area contributed by atoms with Crippen molar-refractivity contribution in [1.29, 1.82) is 0 Å². The van der Waals surface area contributed by atoms with Crippen molar-refractivity contribution in [2.45, 2.75) is 16.5 Å². The van der Waals surface area contributed by atoms with Crippen molar-refractivity contribution in [3.8, 4) is 5.69 Å². The monoisotopic (exact) mass is 290 g/mol. The summed E-state index contributed by atoms with van der Waals surface area (Å²) >= 11 is 3.11. The fourth-order valence-corrected chi connectivity index (χ4v) is 3.33. The van der Waals surface area contributed by atoms with E-state index >= 15 is 0 Å². The van der Waals surface area contributed by atoms with E-state index in [9.17, 15) is 0 Å². The third-order valence-electron chi connectivity index (χ3n) is 2.48. The van der Waals surface area contributed by atoms with Gasteiger partial charge >= 0.3 is 0 Å². The topological polar surface area (TPSA) is 69.4 Å². The molecule has 1 atom stereocenters. The van der Waals surface area contributed by atoms with Crippen LogP contribution >= 0.6 is 23.1 Å². The van der Waals surface area contributed by atoms with Crippen LogP contribution in [0.15, 0.2) is 40.2 Å². The van der Waals surface area contributed by atoms with Crippen LogP contribution in [-0.2, 0) is 0 Å². The first-order chi connectivity index (χ1) is 9.34. The average Bonchev–Trinajstić information content (AvgIpc) is 3.10. The molecule has 2 aromatic heterocycles. The molecule has 3 aromatic rings. The van der Waals surface area contributed by atoms with Gasteiger partial charge in [-0.1, -0.05) is 41.3 Å². The van der Waals surface area contributed by atoms with Gasteiger partial charge in [-0.3, -0.25) is 0 Å². The van der Waals surface area contributed by atoms with Crippen molar-refractivity contribution >= 4 is 23.1 Å². The van der Waals surface area contributed by atoms with Crippen molar-refractivity contribution in [1.82, 2.24) is 30.4 Å². The lowest BCUT2D eigenvalue weighted by Crippen LogP contribution is -2.04. The summed E-state index contributed by atoms with van der Waals surface area (Å²) in [5.41, 5.74) is 2.67. The Morgan fingerprint density at radius 2 is 2.05 bits per heavy atom. The normalized spacial score (nSPS) is 12.5. The van der Waals surface area contributed by atoms with E-state index in [1.54, 1.807) is 22.0 Å². The van der Waals surface area contributed by atoms with E-state index in [2.05, 4.69) is 32.6 Å². The van der Waals surface area contributed by atoms with Gasteiger partial charge in [-0.15, -0.1) is 15.3 Å². The third kappa shape index (κ3) is 2.64. The molecule has 1 aromatic carbocycles. The molecule has 0 amide bonds. The summed E-state index contributed by atoms with van der Waals surface area (Å²) in [5, 5.41) is 19.9. The Labute approximate surface area is 117 Å². The number of hydrogen-bond donors (Lipinski definition) is 0. The van der Waals surface area contributed by atoms with Gasteiger partial charge in [0.05, 0.1) is 10.9 Å². The Hall–Kier alpha value is -1.80. The predicted molar refractivity (Wildman–Crippen MR) is 73.3 cm³/mol. The molecule has 0 radical (unpaired) electrons. The minimum absolute atomic E-state index is 0.100. The predicted octanol–water partition coefficient (Wildman–Crippen LogP) is 2.37. The highest BCUT2D eigenvalue weighted by Gasteiger charge is 2.18. The van der Waals surface area contributed by atoms with E-state index in [1.807, 2.05) is 30.3 Å². The quantitative estimate of drug-likeness (QED) is 0.687. The Balaban J connectivity index is 1.88. The Kier molecular flexibility index (Phi) is 3.51. The summed E-state index contributed by atoms with van der Waals surface area (Å²) in [5.74, 6) is 0.798. The van der Waals surface area contributed by atoms with Gasteiger partial charge in [-0.25, -0.2) is 0 Å². The summed E-state index contributed by atoms with van der Waals surface area (Å²) in [7, 11) is 0. The van der Waals surface area contributed by atoms with Gasteiger partial charge in [0.2, 0.25) is 0 Å². The van der Waals surface area contributed by atoms with Crippen LogP contribution in [0, 0.1) is 0 Å². The molecule has 96 valence electrons. The largest absolute Gasteiger partial charge is 0.196 e. The second-order valence-corrected chi connectivity index (χ2v) is 6.17. The van der Waals surface area contributed by atoms with Gasteiger partial charge in [-0.05, 0) is 29.5 Å². The van der Waals surface area contributed by atoms with Crippen LogP contribution in [0.4, 0.5) is 0 Å². The molecule has 6 nitrogen and oxygen atoms in total. The second-order valence-electron chi connectivity index (χ2n) is 3.75. The standard InChI is InChI=1S/C11H10N6S2/c1-8(19-11-14-12-7-18-11)10-13-15-16-17(10)9-5-3-2-4-6-9/h2-8H,1H3/t8-/m1/s1. The van der Waals surface area contributed by atoms with Gasteiger partial charge < -0.3 is 0 Å². The van der Waals surface area contributed by atoms with Crippen LogP contribution in [0.5, 0.6) is 0 Å². The SMILES string of the molecule is C[C@@H](Sc1nncs1)c1nnnn1-c1ccccc1. The van der Waals surface area contributed by atoms with E-state index in [4.69, 9.17) is 0 Å². The van der Waals surface area contributed by atoms with Crippen LogP contribution in [0.2, 0.25) is 0 Å². The lowest BCUT2D eigenvalue weighted by molar-refractivity contribution is 0.762. The highest BCUT2D eigenvalue weighted by molar-refractivity contribution is 8.01. The number of rotatable bonds is 4. The first-order valence-corrected chi connectivity index (χ1v) is 7.37. The fourth-order valence-electron chi connectivity index (χ4n) is 1.62. The van der Waals surface area contributed by atoms with Crippen LogP contribution in [0.3, 0.4) is 0 Å². The molecule has 0 saturated heterocycles. The van der Waals surface area contributed by atoms with Gasteiger partial charge in [0.15, 0.2) is 10.2 Å². The van der Waals surface area contributed by atoms with Gasteiger partial charge in [-0.2, -0.15) is 4.68 Å². The molecule has 0 aliphatic carbocycles. The van der Waals surface area contributed by atoms with Gasteiger partial charge in [0.25, 0.3) is 0 Å². The highest BCUT2D eigenvalue weighted by Crippen LogP contribution is 2.34. The van der Waals surface area contributed by atoms with Crippen LogP contribution in [0.1, 0.15) is 18.0 Å². The van der Waals surface area contributed by atoms with Crippen molar-refractivity contribution < 1.29 is 0 Å². The fraction of sp³-hybridized carbons (Fsp3) is 0.182. The number of para-hydroxylation sites is 1. The first kappa shape index (κ1) is 12.2. The lowest BCUT2D eigenvalue weighted by atomic mass is 10.3. The number of aromatic nitrogens is 6. The van der Waals surface area contributed by atoms with Crippen LogP contribution < -0.4 is 0 Å². The van der Waals surface area contributed by atoms with Gasteiger partial charge in [0, 0.05) is 0 Å². The molecule has 0 aliphatic heterocycles. The molecule has 0 unspecified atom stereocenters. The minimum Gasteiger partial charge on any atom is -0.196 e. The molecular weight excluding hydrogens is 280 g/mol. The molecule has 2 heterocycles. The summed E-state index contributed by atoms with van der Waals surface area (Å²) < 4.78 is 2.66. The number of benzene rings is 1. The molecular formula is C11H10N6S2. The lowest BCUT2D eigenvalue weighted by Gasteiger charge is -2.09. The maximum atomic E-state index is 4.11. The zero-order valence-electron chi connectivity index (χ0n) is 10.0. The summed E-state index contributed by atoms with van der Waals surface area (Å²) in [6.07, 6.45) is 0. The van der Waals surface area contributed by atoms with Crippen molar-refractivity contribution in [2.75, 3.05) is 0 Å². The zero-order chi connectivity index (χ0) is 13.1. The number of hydrogen-bond acceptors (Lipinski definition) is 7. The number of tetrazole rings is 1. The number of nitrogens with zero attached hydrogens (tertiary/aromatic N) is 6. The minimum atomic E-state index is 0.100. The Morgan fingerprint density at radius 1 is 1.21 bits per heavy atom. The van der Waals surface area contributed by atoms with E-state index in [0.29, 0.717) is 0 Å². The van der Waals surface area contributed by atoms with E-state index in [1.165, 1.54) is 11.3 Å². The molecule has 0 N–H and O–H groups in total. The van der Waals surface area contributed by atoms with E-state index in [0.717, 1.165) is 15.9 Å². The van der Waals surface area contributed by atoms with E-state index in [-0.39, 0.29) is 5.25 Å². The molecule has 0 bridgehead atoms. The Morgan fingerprint density at radius 3 is 2.79 bits per heavy atom. The molecule has 0 saturated carbocycles. The van der Waals surface area contributed by atoms with E-state index < -0.39 is 0 Å². The summed E-state index contributed by atoms with van der Waals surface area (Å²) in [6.45, 7) is 2.05. The third-order valence-corrected chi connectivity index (χ3v) is 4.38. The molecule has 3 rings (SSSR count). The average molecular weight is 290 g/mol. The van der Waals surface area contributed by atoms with Crippen molar-refractivity contribution in [2.24, 2.45) is 0 Å². The molecule has 0 aliphatic rings. The molecule has 19 heavy (non-hydrogen) atoms.